The van der Waals surface area contributed by atoms with Crippen LogP contribution in [-0.2, 0) is 16.4 Å². The molecule has 1 aliphatic heterocycles. The Kier molecular flexibility index (Phi) is 6.40. The molecule has 176 valence electrons. The van der Waals surface area contributed by atoms with Gasteiger partial charge in [-0.15, -0.1) is 0 Å². The molecule has 4 rings (SSSR count). The van der Waals surface area contributed by atoms with Crippen molar-refractivity contribution in [2.75, 3.05) is 17.7 Å². The predicted molar refractivity (Wildman–Crippen MR) is 132 cm³/mol. The second-order valence-corrected chi connectivity index (χ2v) is 9.83. The highest BCUT2D eigenvalue weighted by atomic mass is 32.2. The Bertz CT molecular complexity index is 1360. The van der Waals surface area contributed by atoms with Crippen LogP contribution in [0.15, 0.2) is 63.5 Å². The van der Waals surface area contributed by atoms with Crippen molar-refractivity contribution in [1.29, 1.82) is 0 Å². The largest absolute Gasteiger partial charge is 0.338 e. The molecule has 0 amide bonds. The van der Waals surface area contributed by atoms with E-state index in [4.69, 9.17) is 0 Å². The molecule has 1 aliphatic rings. The summed E-state index contributed by atoms with van der Waals surface area (Å²) in [5.74, 6) is -0.529. The number of hydrogen-bond donors (Lipinski definition) is 3. The van der Waals surface area contributed by atoms with Crippen molar-refractivity contribution < 1.29 is 12.8 Å². The lowest BCUT2D eigenvalue weighted by atomic mass is 10.0. The van der Waals surface area contributed by atoms with Crippen LogP contribution in [0, 0.1) is 12.7 Å². The first kappa shape index (κ1) is 23.5. The van der Waals surface area contributed by atoms with Gasteiger partial charge in [0.1, 0.15) is 0 Å². The molecule has 0 bridgehead atoms. The van der Waals surface area contributed by atoms with Crippen molar-refractivity contribution in [2.24, 2.45) is 9.98 Å². The summed E-state index contributed by atoms with van der Waals surface area (Å²) in [6.45, 7) is 3.65. The lowest BCUT2D eigenvalue weighted by Crippen LogP contribution is -2.19. The van der Waals surface area contributed by atoms with E-state index in [0.717, 1.165) is 11.8 Å². The summed E-state index contributed by atoms with van der Waals surface area (Å²) >= 11 is 0. The Balaban J connectivity index is 1.50. The van der Waals surface area contributed by atoms with Crippen LogP contribution in [-0.4, -0.2) is 43.5 Å². The third-order valence-corrected chi connectivity index (χ3v) is 6.83. The molecular formula is C23H24FN7O2S. The minimum absolute atomic E-state index is 0.0163. The zero-order valence-electron chi connectivity index (χ0n) is 18.9. The van der Waals surface area contributed by atoms with Gasteiger partial charge in [0.25, 0.3) is 0 Å². The molecule has 0 atom stereocenters. The van der Waals surface area contributed by atoms with E-state index in [1.165, 1.54) is 13.1 Å². The fourth-order valence-electron chi connectivity index (χ4n) is 3.46. The topological polar surface area (TPSA) is 121 Å². The van der Waals surface area contributed by atoms with Crippen molar-refractivity contribution >= 4 is 45.6 Å². The fraction of sp³-hybridized carbons (Fsp3) is 0.217. The SMILES string of the molecule is CNS(=O)(=O)c1cc(Nc2ncc(F)c(Nc3ccc(CC4(C)N=CC=N4)cc3)n2)ccc1C. The molecule has 0 saturated heterocycles. The predicted octanol–water partition coefficient (Wildman–Crippen LogP) is 3.73. The third kappa shape index (κ3) is 5.26. The number of nitrogens with one attached hydrogen (secondary N) is 3. The number of halogens is 1. The van der Waals surface area contributed by atoms with Crippen LogP contribution in [0.25, 0.3) is 0 Å². The lowest BCUT2D eigenvalue weighted by molar-refractivity contribution is 0.507. The first-order valence-corrected chi connectivity index (χ1v) is 11.9. The zero-order valence-corrected chi connectivity index (χ0v) is 19.7. The molecule has 0 spiro atoms. The molecule has 3 N–H and O–H groups in total. The van der Waals surface area contributed by atoms with Crippen molar-refractivity contribution in [1.82, 2.24) is 14.7 Å². The van der Waals surface area contributed by atoms with Gasteiger partial charge >= 0.3 is 0 Å². The van der Waals surface area contributed by atoms with Crippen molar-refractivity contribution in [3.05, 3.63) is 65.6 Å². The fourth-order valence-corrected chi connectivity index (χ4v) is 4.46. The molecule has 0 saturated carbocycles. The van der Waals surface area contributed by atoms with Gasteiger partial charge in [-0.1, -0.05) is 18.2 Å². The van der Waals surface area contributed by atoms with Crippen molar-refractivity contribution in [3.8, 4) is 0 Å². The van der Waals surface area contributed by atoms with Crippen LogP contribution >= 0.6 is 0 Å². The van der Waals surface area contributed by atoms with Gasteiger partial charge in [0.2, 0.25) is 16.0 Å². The Hall–Kier alpha value is -3.70. The average Bonchev–Trinajstić information content (AvgIpc) is 3.24. The highest BCUT2D eigenvalue weighted by molar-refractivity contribution is 7.89. The summed E-state index contributed by atoms with van der Waals surface area (Å²) in [6.07, 6.45) is 5.08. The molecule has 2 heterocycles. The van der Waals surface area contributed by atoms with Gasteiger partial charge in [0, 0.05) is 30.2 Å². The maximum absolute atomic E-state index is 14.4. The summed E-state index contributed by atoms with van der Waals surface area (Å²) < 4.78 is 41.1. The van der Waals surface area contributed by atoms with E-state index in [9.17, 15) is 12.8 Å². The Morgan fingerprint density at radius 3 is 2.35 bits per heavy atom. The summed E-state index contributed by atoms with van der Waals surface area (Å²) in [4.78, 5) is 17.0. The molecule has 0 unspecified atom stereocenters. The standard InChI is InChI=1S/C23H24FN7O2S/c1-15-4-7-18(12-20(15)34(32,33)25-3)30-22-26-14-19(24)21(31-22)29-17-8-5-16(6-9-17)13-23(2)27-10-11-28-23/h4-12,14,25H,13H2,1-3H3,(H2,26,29,30,31). The number of aromatic nitrogens is 2. The van der Waals surface area contributed by atoms with E-state index in [1.54, 1.807) is 31.5 Å². The molecule has 11 heteroatoms. The molecule has 9 nitrogen and oxygen atoms in total. The third-order valence-electron chi connectivity index (χ3n) is 5.27. The Labute approximate surface area is 197 Å². The smallest absolute Gasteiger partial charge is 0.240 e. The minimum Gasteiger partial charge on any atom is -0.338 e. The zero-order chi connectivity index (χ0) is 24.3. The van der Waals surface area contributed by atoms with Gasteiger partial charge in [-0.05, 0) is 56.3 Å². The summed E-state index contributed by atoms with van der Waals surface area (Å²) in [5.41, 5.74) is 2.24. The van der Waals surface area contributed by atoms with E-state index in [-0.39, 0.29) is 16.7 Å². The molecule has 34 heavy (non-hydrogen) atoms. The molecule has 3 aromatic rings. The van der Waals surface area contributed by atoms with Gasteiger partial charge in [0.05, 0.1) is 11.1 Å². The van der Waals surface area contributed by atoms with Crippen molar-refractivity contribution in [2.45, 2.75) is 30.8 Å². The number of anilines is 4. The molecule has 2 aromatic carbocycles. The van der Waals surface area contributed by atoms with E-state index in [0.29, 0.717) is 23.4 Å². The number of rotatable bonds is 8. The van der Waals surface area contributed by atoms with Crippen LogP contribution in [0.2, 0.25) is 0 Å². The van der Waals surface area contributed by atoms with Gasteiger partial charge in [0.15, 0.2) is 17.3 Å². The first-order valence-electron chi connectivity index (χ1n) is 10.5. The van der Waals surface area contributed by atoms with Crippen molar-refractivity contribution in [3.63, 3.8) is 0 Å². The number of hydrogen-bond acceptors (Lipinski definition) is 8. The highest BCUT2D eigenvalue weighted by Crippen LogP contribution is 2.25. The highest BCUT2D eigenvalue weighted by Gasteiger charge is 2.23. The molecular weight excluding hydrogens is 457 g/mol. The summed E-state index contributed by atoms with van der Waals surface area (Å²) in [6, 6.07) is 12.3. The van der Waals surface area contributed by atoms with Crippen LogP contribution in [0.4, 0.5) is 27.5 Å². The van der Waals surface area contributed by atoms with Gasteiger partial charge in [-0.3, -0.25) is 9.98 Å². The molecule has 0 radical (unpaired) electrons. The Morgan fingerprint density at radius 1 is 1.00 bits per heavy atom. The lowest BCUT2D eigenvalue weighted by Gasteiger charge is -2.17. The van der Waals surface area contributed by atoms with E-state index < -0.39 is 21.5 Å². The summed E-state index contributed by atoms with van der Waals surface area (Å²) in [7, 11) is -2.29. The number of benzene rings is 2. The Morgan fingerprint density at radius 2 is 1.68 bits per heavy atom. The normalized spacial score (nSPS) is 14.4. The maximum atomic E-state index is 14.4. The summed E-state index contributed by atoms with van der Waals surface area (Å²) in [5, 5.41) is 5.88. The minimum atomic E-state index is -3.63. The molecule has 0 fully saturated rings. The second-order valence-electron chi connectivity index (χ2n) is 7.98. The number of aliphatic imine (C=N–C) groups is 2. The quantitative estimate of drug-likeness (QED) is 0.451. The number of sulfonamides is 1. The van der Waals surface area contributed by atoms with Crippen LogP contribution in [0.3, 0.4) is 0 Å². The molecule has 1 aromatic heterocycles. The number of nitrogens with zero attached hydrogens (tertiary/aromatic N) is 4. The van der Waals surface area contributed by atoms with Gasteiger partial charge < -0.3 is 10.6 Å². The van der Waals surface area contributed by atoms with E-state index in [2.05, 4.69) is 35.3 Å². The monoisotopic (exact) mass is 481 g/mol. The van der Waals surface area contributed by atoms with Crippen LogP contribution < -0.4 is 15.4 Å². The second kappa shape index (κ2) is 9.27. The van der Waals surface area contributed by atoms with E-state index >= 15 is 0 Å². The average molecular weight is 482 g/mol. The van der Waals surface area contributed by atoms with Crippen LogP contribution in [0.5, 0.6) is 0 Å². The number of aryl methyl sites for hydroxylation is 1. The molecule has 0 aliphatic carbocycles. The van der Waals surface area contributed by atoms with Crippen LogP contribution in [0.1, 0.15) is 18.1 Å². The van der Waals surface area contributed by atoms with Gasteiger partial charge in [-0.25, -0.2) is 22.5 Å². The first-order chi connectivity index (χ1) is 16.2. The van der Waals surface area contributed by atoms with E-state index in [1.807, 2.05) is 31.2 Å². The van der Waals surface area contributed by atoms with Gasteiger partial charge in [-0.2, -0.15) is 4.98 Å². The maximum Gasteiger partial charge on any atom is 0.240 e.